The first-order chi connectivity index (χ1) is 12.6. The van der Waals surface area contributed by atoms with Crippen LogP contribution in [0, 0.1) is 0 Å². The molecule has 7 nitrogen and oxygen atoms in total. The first-order valence-electron chi connectivity index (χ1n) is 7.95. The number of carbonyl (C=O) groups is 2. The summed E-state index contributed by atoms with van der Waals surface area (Å²) in [4.78, 5) is 23.3. The predicted octanol–water partition coefficient (Wildman–Crippen LogP) is 3.43. The van der Waals surface area contributed by atoms with Crippen LogP contribution < -0.4 is 16.0 Å². The molecule has 7 heteroatoms. The Labute approximate surface area is 150 Å². The number of carbonyl (C=O) groups excluding carboxylic acids is 2. The van der Waals surface area contributed by atoms with Gasteiger partial charge in [0.2, 0.25) is 5.91 Å². The second-order valence-corrected chi connectivity index (χ2v) is 5.51. The number of hydrogen-bond acceptors (Lipinski definition) is 5. The fourth-order valence-corrected chi connectivity index (χ4v) is 2.26. The van der Waals surface area contributed by atoms with Gasteiger partial charge in [0.25, 0.3) is 5.91 Å². The summed E-state index contributed by atoms with van der Waals surface area (Å²) in [7, 11) is 0. The molecule has 2 amide bonds. The molecule has 0 aliphatic carbocycles. The van der Waals surface area contributed by atoms with E-state index in [0.717, 1.165) is 5.69 Å². The summed E-state index contributed by atoms with van der Waals surface area (Å²) in [6, 6.07) is 19.6. The molecule has 0 saturated carbocycles. The van der Waals surface area contributed by atoms with Gasteiger partial charge in [-0.15, -0.1) is 10.2 Å². The van der Waals surface area contributed by atoms with Crippen molar-refractivity contribution in [3.63, 3.8) is 0 Å². The zero-order valence-corrected chi connectivity index (χ0v) is 14.1. The van der Waals surface area contributed by atoms with E-state index in [1.54, 1.807) is 36.4 Å². The van der Waals surface area contributed by atoms with Crippen molar-refractivity contribution in [2.75, 3.05) is 16.0 Å². The molecule has 3 N–H and O–H groups in total. The molecule has 1 aromatic heterocycles. The summed E-state index contributed by atoms with van der Waals surface area (Å²) < 4.78 is 0. The number of anilines is 4. The Hall–Kier alpha value is -3.74. The third-order valence-corrected chi connectivity index (χ3v) is 3.38. The highest BCUT2D eigenvalue weighted by Crippen LogP contribution is 2.18. The highest BCUT2D eigenvalue weighted by molar-refractivity contribution is 6.02. The lowest BCUT2D eigenvalue weighted by Gasteiger charge is -2.08. The Kier molecular flexibility index (Phi) is 5.19. The first kappa shape index (κ1) is 17.1. The number of hydrogen-bond donors (Lipinski definition) is 3. The topological polar surface area (TPSA) is 96.0 Å². The maximum absolute atomic E-state index is 12.2. The highest BCUT2D eigenvalue weighted by atomic mass is 16.2. The Bertz CT molecular complexity index is 911. The number of benzene rings is 2. The summed E-state index contributed by atoms with van der Waals surface area (Å²) in [6.07, 6.45) is 0. The molecule has 0 spiro atoms. The van der Waals surface area contributed by atoms with Crippen molar-refractivity contribution < 1.29 is 9.59 Å². The lowest BCUT2D eigenvalue weighted by molar-refractivity contribution is -0.114. The zero-order chi connectivity index (χ0) is 18.4. The van der Waals surface area contributed by atoms with Crippen molar-refractivity contribution in [3.05, 3.63) is 72.4 Å². The summed E-state index contributed by atoms with van der Waals surface area (Å²) >= 11 is 0. The molecular weight excluding hydrogens is 330 g/mol. The van der Waals surface area contributed by atoms with E-state index in [-0.39, 0.29) is 17.5 Å². The van der Waals surface area contributed by atoms with Crippen molar-refractivity contribution in [3.8, 4) is 0 Å². The molecule has 0 fully saturated rings. The normalized spacial score (nSPS) is 10.0. The number of aromatic nitrogens is 2. The Balaban J connectivity index is 1.66. The number of rotatable bonds is 5. The van der Waals surface area contributed by atoms with Crippen molar-refractivity contribution in [2.24, 2.45) is 0 Å². The highest BCUT2D eigenvalue weighted by Gasteiger charge is 2.09. The Morgan fingerprint density at radius 3 is 2.19 bits per heavy atom. The summed E-state index contributed by atoms with van der Waals surface area (Å²) in [5, 5.41) is 16.5. The molecule has 3 aromatic rings. The third kappa shape index (κ3) is 4.64. The van der Waals surface area contributed by atoms with E-state index in [1.807, 2.05) is 30.3 Å². The van der Waals surface area contributed by atoms with E-state index in [2.05, 4.69) is 26.1 Å². The van der Waals surface area contributed by atoms with E-state index >= 15 is 0 Å². The molecule has 0 bridgehead atoms. The van der Waals surface area contributed by atoms with Gasteiger partial charge in [0.15, 0.2) is 11.5 Å². The molecule has 26 heavy (non-hydrogen) atoms. The fourth-order valence-electron chi connectivity index (χ4n) is 2.26. The summed E-state index contributed by atoms with van der Waals surface area (Å²) in [5.74, 6) is 0.0138. The van der Waals surface area contributed by atoms with Crippen LogP contribution in [0.1, 0.15) is 17.4 Å². The Morgan fingerprint density at radius 1 is 0.769 bits per heavy atom. The minimum absolute atomic E-state index is 0.143. The molecule has 0 radical (unpaired) electrons. The van der Waals surface area contributed by atoms with Crippen molar-refractivity contribution in [1.82, 2.24) is 10.2 Å². The van der Waals surface area contributed by atoms with Gasteiger partial charge >= 0.3 is 0 Å². The van der Waals surface area contributed by atoms with E-state index < -0.39 is 0 Å². The largest absolute Gasteiger partial charge is 0.339 e. The van der Waals surface area contributed by atoms with Crippen LogP contribution >= 0.6 is 0 Å². The molecular formula is C19H17N5O2. The summed E-state index contributed by atoms with van der Waals surface area (Å²) in [5.41, 5.74) is 2.32. The smallest absolute Gasteiger partial charge is 0.276 e. The average Bonchev–Trinajstić information content (AvgIpc) is 2.63. The van der Waals surface area contributed by atoms with Gasteiger partial charge in [-0.2, -0.15) is 0 Å². The van der Waals surface area contributed by atoms with Crippen LogP contribution in [-0.2, 0) is 4.79 Å². The monoisotopic (exact) mass is 347 g/mol. The van der Waals surface area contributed by atoms with Crippen LogP contribution in [0.5, 0.6) is 0 Å². The fraction of sp³-hybridized carbons (Fsp3) is 0.0526. The molecule has 0 aliphatic rings. The van der Waals surface area contributed by atoms with Gasteiger partial charge in [-0.1, -0.05) is 24.3 Å². The van der Waals surface area contributed by atoms with E-state index in [1.165, 1.54) is 6.92 Å². The van der Waals surface area contributed by atoms with E-state index in [4.69, 9.17) is 0 Å². The quantitative estimate of drug-likeness (QED) is 0.657. The van der Waals surface area contributed by atoms with Crippen LogP contribution in [0.3, 0.4) is 0 Å². The van der Waals surface area contributed by atoms with Gasteiger partial charge < -0.3 is 16.0 Å². The van der Waals surface area contributed by atoms with Gasteiger partial charge in [-0.25, -0.2) is 0 Å². The second kappa shape index (κ2) is 7.89. The third-order valence-electron chi connectivity index (χ3n) is 3.38. The predicted molar refractivity (Wildman–Crippen MR) is 100 cm³/mol. The minimum atomic E-state index is -0.331. The molecule has 0 saturated heterocycles. The maximum Gasteiger partial charge on any atom is 0.276 e. The minimum Gasteiger partial charge on any atom is -0.339 e. The zero-order valence-electron chi connectivity index (χ0n) is 14.1. The molecule has 130 valence electrons. The standard InChI is InChI=1S/C19H17N5O2/c1-13(25)20-15-8-5-9-16(12-15)21-18-11-10-17(23-24-18)19(26)22-14-6-3-2-4-7-14/h2-12H,1H3,(H,20,25)(H,21,24)(H,22,26). The average molecular weight is 347 g/mol. The Morgan fingerprint density at radius 2 is 1.50 bits per heavy atom. The van der Waals surface area contributed by atoms with Crippen LogP contribution in [-0.4, -0.2) is 22.0 Å². The number of nitrogens with one attached hydrogen (secondary N) is 3. The SMILES string of the molecule is CC(=O)Nc1cccc(Nc2ccc(C(=O)Nc3ccccc3)nn2)c1. The van der Waals surface area contributed by atoms with Gasteiger partial charge in [-0.3, -0.25) is 9.59 Å². The van der Waals surface area contributed by atoms with Crippen molar-refractivity contribution >= 4 is 34.7 Å². The summed E-state index contributed by atoms with van der Waals surface area (Å²) in [6.45, 7) is 1.45. The molecule has 0 unspecified atom stereocenters. The second-order valence-electron chi connectivity index (χ2n) is 5.51. The molecule has 3 rings (SSSR count). The number of amides is 2. The van der Waals surface area contributed by atoms with Crippen LogP contribution in [0.2, 0.25) is 0 Å². The maximum atomic E-state index is 12.2. The van der Waals surface area contributed by atoms with Crippen molar-refractivity contribution in [2.45, 2.75) is 6.92 Å². The van der Waals surface area contributed by atoms with Gasteiger partial charge in [0.05, 0.1) is 0 Å². The van der Waals surface area contributed by atoms with E-state index in [9.17, 15) is 9.59 Å². The lowest BCUT2D eigenvalue weighted by Crippen LogP contribution is -2.14. The van der Waals surface area contributed by atoms with Crippen LogP contribution in [0.4, 0.5) is 22.9 Å². The van der Waals surface area contributed by atoms with Crippen LogP contribution in [0.25, 0.3) is 0 Å². The van der Waals surface area contributed by atoms with Gasteiger partial charge in [-0.05, 0) is 42.5 Å². The van der Waals surface area contributed by atoms with Crippen LogP contribution in [0.15, 0.2) is 66.7 Å². The van der Waals surface area contributed by atoms with E-state index in [0.29, 0.717) is 17.2 Å². The molecule has 2 aromatic carbocycles. The number of para-hydroxylation sites is 1. The van der Waals surface area contributed by atoms with Gasteiger partial charge in [0, 0.05) is 24.0 Å². The van der Waals surface area contributed by atoms with Crippen molar-refractivity contribution in [1.29, 1.82) is 0 Å². The lowest BCUT2D eigenvalue weighted by atomic mass is 10.2. The molecule has 0 atom stereocenters. The number of nitrogens with zero attached hydrogens (tertiary/aromatic N) is 2. The molecule has 1 heterocycles. The first-order valence-corrected chi connectivity index (χ1v) is 7.95. The van der Waals surface area contributed by atoms with Gasteiger partial charge in [0.1, 0.15) is 0 Å². The molecule has 0 aliphatic heterocycles.